The Hall–Kier alpha value is -0.860. The zero-order chi connectivity index (χ0) is 9.68. The third kappa shape index (κ3) is 3.17. The fourth-order valence-electron chi connectivity index (χ4n) is 1.74. The molecule has 0 aromatic heterocycles. The molecule has 0 saturated heterocycles. The lowest BCUT2D eigenvalue weighted by Gasteiger charge is -2.16. The Morgan fingerprint density at radius 2 is 2.15 bits per heavy atom. The molecule has 3 heteroatoms. The number of carbonyl (C=O) groups is 2. The van der Waals surface area contributed by atoms with Crippen LogP contribution in [0.15, 0.2) is 0 Å². The Morgan fingerprint density at radius 3 is 2.85 bits per heavy atom. The van der Waals surface area contributed by atoms with Gasteiger partial charge in [0, 0.05) is 12.8 Å². The van der Waals surface area contributed by atoms with E-state index in [0.717, 1.165) is 25.7 Å². The van der Waals surface area contributed by atoms with E-state index in [9.17, 15) is 9.59 Å². The molecule has 0 amide bonds. The van der Waals surface area contributed by atoms with E-state index in [1.54, 1.807) is 0 Å². The van der Waals surface area contributed by atoms with Crippen molar-refractivity contribution in [3.8, 4) is 0 Å². The van der Waals surface area contributed by atoms with Gasteiger partial charge in [-0.3, -0.25) is 9.59 Å². The van der Waals surface area contributed by atoms with Gasteiger partial charge in [0.2, 0.25) is 0 Å². The van der Waals surface area contributed by atoms with E-state index in [0.29, 0.717) is 12.8 Å². The van der Waals surface area contributed by atoms with Gasteiger partial charge >= 0.3 is 5.97 Å². The van der Waals surface area contributed by atoms with Crippen molar-refractivity contribution >= 4 is 11.8 Å². The van der Waals surface area contributed by atoms with Crippen molar-refractivity contribution in [2.45, 2.75) is 38.5 Å². The Bertz CT molecular complexity index is 198. The van der Waals surface area contributed by atoms with Crippen LogP contribution in [0, 0.1) is 5.92 Å². The van der Waals surface area contributed by atoms with Crippen molar-refractivity contribution in [1.82, 2.24) is 0 Å². The number of hydrogen-bond donors (Lipinski definition) is 0. The minimum absolute atomic E-state index is 0.183. The van der Waals surface area contributed by atoms with Gasteiger partial charge in [0.15, 0.2) is 0 Å². The van der Waals surface area contributed by atoms with Gasteiger partial charge < -0.3 is 4.74 Å². The highest BCUT2D eigenvalue weighted by atomic mass is 16.5. The van der Waals surface area contributed by atoms with Crippen LogP contribution in [-0.2, 0) is 14.3 Å². The summed E-state index contributed by atoms with van der Waals surface area (Å²) in [5.41, 5.74) is 0. The minimum Gasteiger partial charge on any atom is -0.469 e. The van der Waals surface area contributed by atoms with Crippen molar-refractivity contribution < 1.29 is 14.3 Å². The second kappa shape index (κ2) is 5.00. The molecule has 74 valence electrons. The number of hydrogen-bond acceptors (Lipinski definition) is 3. The zero-order valence-corrected chi connectivity index (χ0v) is 8.04. The lowest BCUT2D eigenvalue weighted by atomic mass is 9.90. The maximum Gasteiger partial charge on any atom is 0.309 e. The predicted octanol–water partition coefficient (Wildman–Crippen LogP) is 1.70. The Morgan fingerprint density at radius 1 is 1.38 bits per heavy atom. The molecule has 0 aliphatic heterocycles. The molecule has 0 aromatic carbocycles. The molecule has 0 N–H and O–H groups in total. The molecule has 3 nitrogen and oxygen atoms in total. The van der Waals surface area contributed by atoms with Crippen LogP contribution in [0.25, 0.3) is 0 Å². The average Bonchev–Trinajstić information content (AvgIpc) is 2.10. The topological polar surface area (TPSA) is 43.4 Å². The molecule has 0 radical (unpaired) electrons. The summed E-state index contributed by atoms with van der Waals surface area (Å²) < 4.78 is 4.64. The van der Waals surface area contributed by atoms with Gasteiger partial charge in [-0.15, -0.1) is 0 Å². The van der Waals surface area contributed by atoms with E-state index in [4.69, 9.17) is 0 Å². The van der Waals surface area contributed by atoms with Gasteiger partial charge in [-0.1, -0.05) is 12.8 Å². The highest BCUT2D eigenvalue weighted by molar-refractivity contribution is 5.84. The Balaban J connectivity index is 2.50. The van der Waals surface area contributed by atoms with E-state index < -0.39 is 0 Å². The van der Waals surface area contributed by atoms with E-state index in [1.807, 2.05) is 0 Å². The summed E-state index contributed by atoms with van der Waals surface area (Å²) in [5, 5.41) is 0. The molecule has 1 atom stereocenters. The zero-order valence-electron chi connectivity index (χ0n) is 8.04. The summed E-state index contributed by atoms with van der Waals surface area (Å²) >= 11 is 0. The summed E-state index contributed by atoms with van der Waals surface area (Å²) in [6, 6.07) is 0. The van der Waals surface area contributed by atoms with Crippen molar-refractivity contribution in [3.63, 3.8) is 0 Å². The molecule has 1 aliphatic carbocycles. The largest absolute Gasteiger partial charge is 0.469 e. The Kier molecular flexibility index (Phi) is 3.93. The summed E-state index contributed by atoms with van der Waals surface area (Å²) in [5.74, 6) is -0.205. The lowest BCUT2D eigenvalue weighted by molar-refractivity contribution is -0.147. The van der Waals surface area contributed by atoms with Crippen LogP contribution < -0.4 is 0 Å². The molecular weight excluding hydrogens is 168 g/mol. The maximum atomic E-state index is 11.3. The molecule has 0 bridgehead atoms. The van der Waals surface area contributed by atoms with E-state index in [-0.39, 0.29) is 17.7 Å². The number of esters is 1. The van der Waals surface area contributed by atoms with Gasteiger partial charge in [-0.2, -0.15) is 0 Å². The van der Waals surface area contributed by atoms with Crippen LogP contribution in [-0.4, -0.2) is 18.9 Å². The van der Waals surface area contributed by atoms with E-state index >= 15 is 0 Å². The van der Waals surface area contributed by atoms with Crippen LogP contribution in [0.5, 0.6) is 0 Å². The smallest absolute Gasteiger partial charge is 0.309 e. The first-order valence-electron chi connectivity index (χ1n) is 4.83. The molecule has 1 unspecified atom stereocenters. The number of Topliss-reactive ketones (excluding diaryl/α,β-unsaturated/α-hetero) is 1. The third-order valence-electron chi connectivity index (χ3n) is 2.52. The summed E-state index contributed by atoms with van der Waals surface area (Å²) in [6.07, 6.45) is 4.89. The van der Waals surface area contributed by atoms with Crippen molar-refractivity contribution in [3.05, 3.63) is 0 Å². The summed E-state index contributed by atoms with van der Waals surface area (Å²) in [7, 11) is 1.38. The number of carbonyl (C=O) groups excluding carboxylic acids is 2. The molecule has 1 fully saturated rings. The summed E-state index contributed by atoms with van der Waals surface area (Å²) in [4.78, 5) is 22.5. The van der Waals surface area contributed by atoms with E-state index in [2.05, 4.69) is 4.74 Å². The fourth-order valence-corrected chi connectivity index (χ4v) is 1.74. The second-order valence-electron chi connectivity index (χ2n) is 3.56. The SMILES string of the molecule is COC(=O)C1CCCCCC(=O)C1. The van der Waals surface area contributed by atoms with Crippen LogP contribution >= 0.6 is 0 Å². The molecule has 0 aromatic rings. The van der Waals surface area contributed by atoms with Gasteiger partial charge in [-0.25, -0.2) is 0 Å². The third-order valence-corrected chi connectivity index (χ3v) is 2.52. The normalized spacial score (nSPS) is 24.7. The molecule has 1 saturated carbocycles. The molecule has 1 rings (SSSR count). The lowest BCUT2D eigenvalue weighted by Crippen LogP contribution is -2.21. The van der Waals surface area contributed by atoms with Gasteiger partial charge in [0.05, 0.1) is 13.0 Å². The van der Waals surface area contributed by atoms with Crippen molar-refractivity contribution in [2.24, 2.45) is 5.92 Å². The highest BCUT2D eigenvalue weighted by Gasteiger charge is 2.23. The van der Waals surface area contributed by atoms with Crippen LogP contribution in [0.2, 0.25) is 0 Å². The van der Waals surface area contributed by atoms with Gasteiger partial charge in [0.25, 0.3) is 0 Å². The quantitative estimate of drug-likeness (QED) is 0.582. The van der Waals surface area contributed by atoms with Gasteiger partial charge in [0.1, 0.15) is 5.78 Å². The first-order chi connectivity index (χ1) is 6.24. The molecule has 0 spiro atoms. The first-order valence-corrected chi connectivity index (χ1v) is 4.83. The number of rotatable bonds is 1. The monoisotopic (exact) mass is 184 g/mol. The number of ketones is 1. The maximum absolute atomic E-state index is 11.3. The fraction of sp³-hybridized carbons (Fsp3) is 0.800. The van der Waals surface area contributed by atoms with Crippen molar-refractivity contribution in [1.29, 1.82) is 0 Å². The van der Waals surface area contributed by atoms with Crippen LogP contribution in [0.1, 0.15) is 38.5 Å². The van der Waals surface area contributed by atoms with Gasteiger partial charge in [-0.05, 0) is 12.8 Å². The molecule has 13 heavy (non-hydrogen) atoms. The first kappa shape index (κ1) is 10.2. The number of methoxy groups -OCH3 is 1. The van der Waals surface area contributed by atoms with Crippen molar-refractivity contribution in [2.75, 3.05) is 7.11 Å². The number of ether oxygens (including phenoxy) is 1. The van der Waals surface area contributed by atoms with Crippen LogP contribution in [0.4, 0.5) is 0 Å². The minimum atomic E-state index is -0.227. The standard InChI is InChI=1S/C10H16O3/c1-13-10(12)8-5-3-2-4-6-9(11)7-8/h8H,2-7H2,1H3. The molecule has 0 heterocycles. The molecular formula is C10H16O3. The van der Waals surface area contributed by atoms with Crippen LogP contribution in [0.3, 0.4) is 0 Å². The van der Waals surface area contributed by atoms with E-state index in [1.165, 1.54) is 7.11 Å². The predicted molar refractivity (Wildman–Crippen MR) is 48.2 cm³/mol. The Labute approximate surface area is 78.5 Å². The average molecular weight is 184 g/mol. The second-order valence-corrected chi connectivity index (χ2v) is 3.56. The molecule has 1 aliphatic rings. The highest BCUT2D eigenvalue weighted by Crippen LogP contribution is 2.21. The summed E-state index contributed by atoms with van der Waals surface area (Å²) in [6.45, 7) is 0.